The summed E-state index contributed by atoms with van der Waals surface area (Å²) in [5.41, 5.74) is 1.03. The van der Waals surface area contributed by atoms with Crippen LogP contribution in [-0.4, -0.2) is 34.6 Å². The van der Waals surface area contributed by atoms with E-state index in [0.29, 0.717) is 17.6 Å². The number of rotatable bonds is 5. The molecule has 0 saturated heterocycles. The van der Waals surface area contributed by atoms with Crippen LogP contribution in [0.15, 0.2) is 22.7 Å². The molecule has 0 aromatic heterocycles. The van der Waals surface area contributed by atoms with Gasteiger partial charge in [-0.1, -0.05) is 15.9 Å². The molecule has 1 rings (SSSR count). The minimum absolute atomic E-state index is 0.0683. The number of aliphatic hydroxyl groups excluding tert-OH is 1. The molecule has 0 bridgehead atoms. The van der Waals surface area contributed by atoms with Crippen LogP contribution in [0.4, 0.5) is 5.69 Å². The number of likely N-dealkylation sites (N-methyl/N-ethyl adjacent to an activating group) is 1. The second-order valence-corrected chi connectivity index (χ2v) is 4.93. The fraction of sp³-hybridized carbons (Fsp3) is 0.455. The zero-order valence-corrected chi connectivity index (χ0v) is 11.3. The first-order valence-electron chi connectivity index (χ1n) is 5.19. The predicted octanol–water partition coefficient (Wildman–Crippen LogP) is 2.17. The summed E-state index contributed by atoms with van der Waals surface area (Å²) in [5, 5.41) is 19.8. The minimum atomic E-state index is -0.423. The highest BCUT2D eigenvalue weighted by molar-refractivity contribution is 9.10. The van der Waals surface area contributed by atoms with Gasteiger partial charge in [0.2, 0.25) is 0 Å². The van der Waals surface area contributed by atoms with Gasteiger partial charge in [-0.05, 0) is 25.6 Å². The maximum Gasteiger partial charge on any atom is 0.270 e. The van der Waals surface area contributed by atoms with Crippen molar-refractivity contribution in [3.05, 3.63) is 38.3 Å². The SMILES string of the molecule is CC(O)CN(C)Cc1ccc([N+](=O)[O-])cc1Br. The zero-order chi connectivity index (χ0) is 13.0. The fourth-order valence-corrected chi connectivity index (χ4v) is 2.08. The topological polar surface area (TPSA) is 66.6 Å². The Labute approximate surface area is 108 Å². The predicted molar refractivity (Wildman–Crippen MR) is 68.8 cm³/mol. The first kappa shape index (κ1) is 14.1. The maximum absolute atomic E-state index is 10.6. The highest BCUT2D eigenvalue weighted by Gasteiger charge is 2.11. The molecule has 94 valence electrons. The lowest BCUT2D eigenvalue weighted by molar-refractivity contribution is -0.384. The summed E-state index contributed by atoms with van der Waals surface area (Å²) in [6.07, 6.45) is -0.392. The monoisotopic (exact) mass is 302 g/mol. The van der Waals surface area contributed by atoms with E-state index in [0.717, 1.165) is 5.56 Å². The van der Waals surface area contributed by atoms with Gasteiger partial charge in [-0.15, -0.1) is 0 Å². The van der Waals surface area contributed by atoms with Gasteiger partial charge in [0.05, 0.1) is 11.0 Å². The summed E-state index contributed by atoms with van der Waals surface area (Å²) in [5.74, 6) is 0. The second-order valence-electron chi connectivity index (χ2n) is 4.08. The maximum atomic E-state index is 10.6. The van der Waals surface area contributed by atoms with Gasteiger partial charge in [0.25, 0.3) is 5.69 Å². The average Bonchev–Trinajstić information content (AvgIpc) is 2.19. The molecule has 5 nitrogen and oxygen atoms in total. The Hall–Kier alpha value is -0.980. The van der Waals surface area contributed by atoms with E-state index in [2.05, 4.69) is 15.9 Å². The summed E-state index contributed by atoms with van der Waals surface area (Å²) in [6, 6.07) is 4.70. The van der Waals surface area contributed by atoms with Crippen LogP contribution in [0, 0.1) is 10.1 Å². The second kappa shape index (κ2) is 6.09. The lowest BCUT2D eigenvalue weighted by atomic mass is 10.2. The van der Waals surface area contributed by atoms with Gasteiger partial charge in [0.1, 0.15) is 0 Å². The van der Waals surface area contributed by atoms with Crippen LogP contribution < -0.4 is 0 Å². The van der Waals surface area contributed by atoms with Crippen LogP contribution in [0.2, 0.25) is 0 Å². The minimum Gasteiger partial charge on any atom is -0.392 e. The molecule has 0 spiro atoms. The van der Waals surface area contributed by atoms with E-state index >= 15 is 0 Å². The Kier molecular flexibility index (Phi) is 5.04. The average molecular weight is 303 g/mol. The number of non-ortho nitro benzene ring substituents is 1. The number of nitrogens with zero attached hydrogens (tertiary/aromatic N) is 2. The molecule has 0 heterocycles. The Morgan fingerprint density at radius 1 is 1.59 bits per heavy atom. The molecule has 6 heteroatoms. The van der Waals surface area contributed by atoms with Crippen molar-refractivity contribution in [2.24, 2.45) is 0 Å². The highest BCUT2D eigenvalue weighted by Crippen LogP contribution is 2.23. The number of aliphatic hydroxyl groups is 1. The molecule has 0 radical (unpaired) electrons. The third-order valence-corrected chi connectivity index (χ3v) is 3.00. The van der Waals surface area contributed by atoms with Gasteiger partial charge in [0, 0.05) is 29.7 Å². The van der Waals surface area contributed by atoms with Crippen LogP contribution in [-0.2, 0) is 6.54 Å². The molecule has 1 unspecified atom stereocenters. The van der Waals surface area contributed by atoms with E-state index in [1.165, 1.54) is 12.1 Å². The molecule has 0 aliphatic rings. The summed E-state index contributed by atoms with van der Waals surface area (Å²) < 4.78 is 0.712. The van der Waals surface area contributed by atoms with Gasteiger partial charge in [-0.25, -0.2) is 0 Å². The molecule has 1 atom stereocenters. The van der Waals surface area contributed by atoms with Gasteiger partial charge in [0.15, 0.2) is 0 Å². The van der Waals surface area contributed by atoms with E-state index in [4.69, 9.17) is 0 Å². The molecule has 0 saturated carbocycles. The van der Waals surface area contributed by atoms with Crippen LogP contribution in [0.5, 0.6) is 0 Å². The molecule has 0 fully saturated rings. The van der Waals surface area contributed by atoms with Gasteiger partial charge in [-0.3, -0.25) is 15.0 Å². The van der Waals surface area contributed by atoms with E-state index < -0.39 is 11.0 Å². The summed E-state index contributed by atoms with van der Waals surface area (Å²) in [7, 11) is 1.89. The fourth-order valence-electron chi connectivity index (χ4n) is 1.58. The summed E-state index contributed by atoms with van der Waals surface area (Å²) in [6.45, 7) is 2.91. The van der Waals surface area contributed by atoms with Gasteiger partial charge >= 0.3 is 0 Å². The Morgan fingerprint density at radius 2 is 2.24 bits per heavy atom. The first-order chi connectivity index (χ1) is 7.90. The van der Waals surface area contributed by atoms with Crippen molar-refractivity contribution in [2.75, 3.05) is 13.6 Å². The van der Waals surface area contributed by atoms with E-state index in [1.54, 1.807) is 13.0 Å². The molecule has 0 aliphatic heterocycles. The number of benzene rings is 1. The Morgan fingerprint density at radius 3 is 2.71 bits per heavy atom. The molecular formula is C11H15BrN2O3. The molecular weight excluding hydrogens is 288 g/mol. The quantitative estimate of drug-likeness (QED) is 0.669. The first-order valence-corrected chi connectivity index (χ1v) is 5.99. The van der Waals surface area contributed by atoms with Crippen molar-refractivity contribution in [3.63, 3.8) is 0 Å². The van der Waals surface area contributed by atoms with E-state index in [1.807, 2.05) is 11.9 Å². The van der Waals surface area contributed by atoms with Crippen LogP contribution >= 0.6 is 15.9 Å². The third kappa shape index (κ3) is 4.41. The molecule has 0 aliphatic carbocycles. The van der Waals surface area contributed by atoms with E-state index in [-0.39, 0.29) is 5.69 Å². The van der Waals surface area contributed by atoms with Crippen LogP contribution in [0.25, 0.3) is 0 Å². The van der Waals surface area contributed by atoms with Gasteiger partial charge in [-0.2, -0.15) is 0 Å². The lowest BCUT2D eigenvalue weighted by Gasteiger charge is -2.18. The normalized spacial score (nSPS) is 12.8. The highest BCUT2D eigenvalue weighted by atomic mass is 79.9. The standard InChI is InChI=1S/C11H15BrN2O3/c1-8(15)6-13(2)7-9-3-4-10(14(16)17)5-11(9)12/h3-5,8,15H,6-7H2,1-2H3. The van der Waals surface area contributed by atoms with Crippen molar-refractivity contribution in [1.82, 2.24) is 4.90 Å². The Balaban J connectivity index is 2.75. The molecule has 17 heavy (non-hydrogen) atoms. The number of nitro benzene ring substituents is 1. The van der Waals surface area contributed by atoms with Crippen molar-refractivity contribution in [2.45, 2.75) is 19.6 Å². The number of hydrogen-bond donors (Lipinski definition) is 1. The van der Waals surface area contributed by atoms with Crippen molar-refractivity contribution < 1.29 is 10.0 Å². The number of hydrogen-bond acceptors (Lipinski definition) is 4. The van der Waals surface area contributed by atoms with Crippen molar-refractivity contribution in [3.8, 4) is 0 Å². The molecule has 1 aromatic rings. The van der Waals surface area contributed by atoms with Crippen molar-refractivity contribution in [1.29, 1.82) is 0 Å². The van der Waals surface area contributed by atoms with Gasteiger partial charge < -0.3 is 5.11 Å². The lowest BCUT2D eigenvalue weighted by Crippen LogP contribution is -2.26. The molecule has 0 amide bonds. The Bertz CT molecular complexity index is 410. The number of halogens is 1. The smallest absolute Gasteiger partial charge is 0.270 e. The van der Waals surface area contributed by atoms with Crippen molar-refractivity contribution >= 4 is 21.6 Å². The molecule has 1 N–H and O–H groups in total. The molecule has 1 aromatic carbocycles. The summed E-state index contributed by atoms with van der Waals surface area (Å²) >= 11 is 3.32. The zero-order valence-electron chi connectivity index (χ0n) is 9.76. The van der Waals surface area contributed by atoms with E-state index in [9.17, 15) is 15.2 Å². The number of nitro groups is 1. The largest absolute Gasteiger partial charge is 0.392 e. The third-order valence-electron chi connectivity index (χ3n) is 2.26. The van der Waals surface area contributed by atoms with Crippen LogP contribution in [0.3, 0.4) is 0 Å². The summed E-state index contributed by atoms with van der Waals surface area (Å²) in [4.78, 5) is 12.1. The van der Waals surface area contributed by atoms with Crippen LogP contribution in [0.1, 0.15) is 12.5 Å².